The van der Waals surface area contributed by atoms with Gasteiger partial charge >= 0.3 is 6.04 Å². The summed E-state index contributed by atoms with van der Waals surface area (Å²) >= 11 is 0. The molecule has 0 aliphatic heterocycles. The molecule has 3 N–H and O–H groups in total. The number of nitrogens with zero attached hydrogens (tertiary/aromatic N) is 5. The molecular weight excluding hydrogens is 394 g/mol. The molecule has 152 valence electrons. The van der Waals surface area contributed by atoms with Crippen molar-refractivity contribution in [1.82, 2.24) is 9.97 Å². The van der Waals surface area contributed by atoms with Gasteiger partial charge in [0.15, 0.2) is 0 Å². The minimum atomic E-state index is -1.82. The third-order valence-corrected chi connectivity index (χ3v) is 4.27. The second-order valence-corrected chi connectivity index (χ2v) is 6.20. The third-order valence-electron chi connectivity index (χ3n) is 4.27. The minimum Gasteiger partial charge on any atom is -0.323 e. The summed E-state index contributed by atoms with van der Waals surface area (Å²) in [6.07, 6.45) is 1.11. The number of nitrogens with one attached hydrogen (secondary N) is 1. The van der Waals surface area contributed by atoms with Crippen LogP contribution in [0.4, 0.5) is 11.4 Å². The molecular formula is C18H15N7O5. The number of rotatable bonds is 6. The number of nitro groups is 2. The number of anilines is 1. The molecule has 0 aliphatic carbocycles. The fourth-order valence-electron chi connectivity index (χ4n) is 2.76. The normalized spacial score (nSPS) is 12.4. The van der Waals surface area contributed by atoms with Crippen molar-refractivity contribution in [2.75, 3.05) is 5.32 Å². The smallest absolute Gasteiger partial charge is 0.304 e. The number of hydrazone groups is 1. The maximum Gasteiger partial charge on any atom is 0.304 e. The molecule has 1 amide bonds. The first-order valence-corrected chi connectivity index (χ1v) is 8.51. The van der Waals surface area contributed by atoms with Gasteiger partial charge in [-0.2, -0.15) is 5.10 Å². The number of benzene rings is 2. The number of hydrogen-bond donors (Lipinski definition) is 2. The van der Waals surface area contributed by atoms with E-state index in [1.807, 2.05) is 0 Å². The molecule has 0 saturated heterocycles. The van der Waals surface area contributed by atoms with E-state index < -0.39 is 27.5 Å². The zero-order valence-corrected chi connectivity index (χ0v) is 15.6. The van der Waals surface area contributed by atoms with Gasteiger partial charge in [0.2, 0.25) is 5.71 Å². The number of nitrogens with two attached hydrogens (primary N) is 1. The van der Waals surface area contributed by atoms with E-state index in [1.54, 1.807) is 31.2 Å². The molecule has 0 radical (unpaired) electrons. The molecule has 12 heteroatoms. The Kier molecular flexibility index (Phi) is 5.58. The standard InChI is InChI=1S/C18H15N7O5/c1-10-4-2-3-5-12(10)22-18(26)16(23-19)17(25(29)30)15-9-20-13-7-6-11(24(27)28)8-14(13)21-15/h2-9,17H,19H2,1H3,(H,22,26)/b23-16+/t17-/m1/s1. The van der Waals surface area contributed by atoms with Crippen molar-refractivity contribution in [3.8, 4) is 0 Å². The molecule has 0 aliphatic rings. The van der Waals surface area contributed by atoms with Crippen molar-refractivity contribution >= 4 is 34.0 Å². The molecule has 30 heavy (non-hydrogen) atoms. The number of carbonyl (C=O) groups is 1. The first kappa shape index (κ1) is 20.3. The summed E-state index contributed by atoms with van der Waals surface area (Å²) in [4.78, 5) is 42.1. The number of aryl methyl sites for hydroxylation is 1. The Balaban J connectivity index is 2.01. The van der Waals surface area contributed by atoms with E-state index in [2.05, 4.69) is 20.4 Å². The van der Waals surface area contributed by atoms with Crippen LogP contribution in [-0.4, -0.2) is 31.4 Å². The van der Waals surface area contributed by atoms with E-state index in [1.165, 1.54) is 12.1 Å². The van der Waals surface area contributed by atoms with Gasteiger partial charge in [-0.1, -0.05) is 18.2 Å². The number of hydrogen-bond acceptors (Lipinski definition) is 9. The molecule has 1 aromatic heterocycles. The van der Waals surface area contributed by atoms with Gasteiger partial charge in [0.25, 0.3) is 11.6 Å². The Morgan fingerprint density at radius 1 is 1.17 bits per heavy atom. The van der Waals surface area contributed by atoms with Gasteiger partial charge in [0.05, 0.1) is 22.2 Å². The number of carbonyl (C=O) groups excluding carboxylic acids is 1. The van der Waals surface area contributed by atoms with Gasteiger partial charge in [0, 0.05) is 22.7 Å². The fraction of sp³-hybridized carbons (Fsp3) is 0.111. The number of amides is 1. The predicted octanol–water partition coefficient (Wildman–Crippen LogP) is 2.12. The third kappa shape index (κ3) is 4.01. The molecule has 0 bridgehead atoms. The zero-order chi connectivity index (χ0) is 21.8. The van der Waals surface area contributed by atoms with Crippen molar-refractivity contribution in [2.45, 2.75) is 13.0 Å². The van der Waals surface area contributed by atoms with Gasteiger partial charge in [-0.3, -0.25) is 30.0 Å². The van der Waals surface area contributed by atoms with Crippen molar-refractivity contribution in [1.29, 1.82) is 0 Å². The predicted molar refractivity (Wildman–Crippen MR) is 107 cm³/mol. The highest BCUT2D eigenvalue weighted by molar-refractivity contribution is 6.44. The Labute approximate surface area is 168 Å². The average molecular weight is 409 g/mol. The molecule has 3 rings (SSSR count). The van der Waals surface area contributed by atoms with E-state index in [0.29, 0.717) is 11.2 Å². The van der Waals surface area contributed by atoms with Gasteiger partial charge in [-0.25, -0.2) is 4.98 Å². The maximum atomic E-state index is 12.7. The van der Waals surface area contributed by atoms with Crippen molar-refractivity contribution in [3.63, 3.8) is 0 Å². The van der Waals surface area contributed by atoms with E-state index in [9.17, 15) is 25.0 Å². The summed E-state index contributed by atoms with van der Waals surface area (Å²) in [6, 6.07) is 8.75. The number of nitro benzene ring substituents is 1. The SMILES string of the molecule is Cc1ccccc1NC(=O)/C(=N/N)[C@@H](c1cnc2ccc([N+](=O)[O-])cc2n1)[N+](=O)[O-]. The Bertz CT molecular complexity index is 1190. The summed E-state index contributed by atoms with van der Waals surface area (Å²) in [5, 5.41) is 28.6. The van der Waals surface area contributed by atoms with Crippen LogP contribution in [0.1, 0.15) is 17.3 Å². The lowest BCUT2D eigenvalue weighted by atomic mass is 10.1. The monoisotopic (exact) mass is 409 g/mol. The van der Waals surface area contributed by atoms with Gasteiger partial charge < -0.3 is 11.2 Å². The summed E-state index contributed by atoms with van der Waals surface area (Å²) in [5.41, 5.74) is 0.436. The molecule has 0 saturated carbocycles. The summed E-state index contributed by atoms with van der Waals surface area (Å²) in [5.74, 6) is 4.42. The Hall–Kier alpha value is -4.48. The van der Waals surface area contributed by atoms with Crippen LogP contribution in [0.15, 0.2) is 53.8 Å². The largest absolute Gasteiger partial charge is 0.323 e. The molecule has 0 unspecified atom stereocenters. The number of aromatic nitrogens is 2. The minimum absolute atomic E-state index is 0.0595. The van der Waals surface area contributed by atoms with Crippen LogP contribution in [0.5, 0.6) is 0 Å². The maximum absolute atomic E-state index is 12.7. The van der Waals surface area contributed by atoms with Crippen LogP contribution < -0.4 is 11.2 Å². The zero-order valence-electron chi connectivity index (χ0n) is 15.6. The van der Waals surface area contributed by atoms with Crippen LogP contribution in [0.2, 0.25) is 0 Å². The molecule has 0 spiro atoms. The van der Waals surface area contributed by atoms with E-state index in [4.69, 9.17) is 5.84 Å². The summed E-state index contributed by atoms with van der Waals surface area (Å²) in [6.45, 7) is 1.75. The van der Waals surface area contributed by atoms with Crippen LogP contribution in [0.25, 0.3) is 11.0 Å². The van der Waals surface area contributed by atoms with Crippen LogP contribution in [0.3, 0.4) is 0 Å². The van der Waals surface area contributed by atoms with Crippen molar-refractivity contribution in [3.05, 3.63) is 80.1 Å². The Morgan fingerprint density at radius 2 is 1.90 bits per heavy atom. The van der Waals surface area contributed by atoms with Crippen LogP contribution >= 0.6 is 0 Å². The highest BCUT2D eigenvalue weighted by Gasteiger charge is 2.37. The quantitative estimate of drug-likeness (QED) is 0.269. The Morgan fingerprint density at radius 3 is 2.53 bits per heavy atom. The second kappa shape index (κ2) is 8.26. The lowest BCUT2D eigenvalue weighted by molar-refractivity contribution is -0.509. The van der Waals surface area contributed by atoms with Gasteiger partial charge in [-0.15, -0.1) is 0 Å². The average Bonchev–Trinajstić information content (AvgIpc) is 2.72. The lowest BCUT2D eigenvalue weighted by Crippen LogP contribution is -2.34. The molecule has 1 heterocycles. The van der Waals surface area contributed by atoms with Crippen molar-refractivity contribution < 1.29 is 14.6 Å². The van der Waals surface area contributed by atoms with Crippen LogP contribution in [-0.2, 0) is 4.79 Å². The van der Waals surface area contributed by atoms with E-state index >= 15 is 0 Å². The molecule has 12 nitrogen and oxygen atoms in total. The van der Waals surface area contributed by atoms with Crippen LogP contribution in [0, 0.1) is 27.2 Å². The first-order chi connectivity index (χ1) is 14.3. The highest BCUT2D eigenvalue weighted by atomic mass is 16.6. The second-order valence-electron chi connectivity index (χ2n) is 6.20. The molecule has 1 atom stereocenters. The molecule has 0 fully saturated rings. The van der Waals surface area contributed by atoms with Crippen molar-refractivity contribution in [2.24, 2.45) is 10.9 Å². The summed E-state index contributed by atoms with van der Waals surface area (Å²) in [7, 11) is 0. The molecule has 3 aromatic rings. The molecule has 2 aromatic carbocycles. The van der Waals surface area contributed by atoms with Gasteiger partial charge in [0.1, 0.15) is 5.69 Å². The number of para-hydroxylation sites is 1. The number of fused-ring (bicyclic) bond motifs is 1. The highest BCUT2D eigenvalue weighted by Crippen LogP contribution is 2.23. The first-order valence-electron chi connectivity index (χ1n) is 8.51. The van der Waals surface area contributed by atoms with E-state index in [-0.39, 0.29) is 16.9 Å². The van der Waals surface area contributed by atoms with E-state index in [0.717, 1.165) is 17.8 Å². The topological polar surface area (TPSA) is 180 Å². The van der Waals surface area contributed by atoms with Gasteiger partial charge in [-0.05, 0) is 24.6 Å². The summed E-state index contributed by atoms with van der Waals surface area (Å²) < 4.78 is 0. The fourth-order valence-corrected chi connectivity index (χ4v) is 2.76. The number of non-ortho nitro benzene ring substituents is 1. The lowest BCUT2D eigenvalue weighted by Gasteiger charge is -2.13.